The van der Waals surface area contributed by atoms with Gasteiger partial charge in [0, 0.05) is 49.1 Å². The van der Waals surface area contributed by atoms with Crippen molar-refractivity contribution in [3.8, 4) is 17.6 Å². The normalized spacial score (nSPS) is 20.2. The van der Waals surface area contributed by atoms with Crippen molar-refractivity contribution >= 4 is 15.9 Å². The Kier molecular flexibility index (Phi) is 9.08. The Hall–Kier alpha value is -2.97. The molecule has 10 heteroatoms. The number of rotatable bonds is 6. The van der Waals surface area contributed by atoms with E-state index in [1.165, 1.54) is 10.4 Å². The highest BCUT2D eigenvalue weighted by molar-refractivity contribution is 7.89. The molecule has 1 amide bonds. The lowest BCUT2D eigenvalue weighted by molar-refractivity contribution is -0.132. The van der Waals surface area contributed by atoms with Gasteiger partial charge in [-0.15, -0.1) is 0 Å². The summed E-state index contributed by atoms with van der Waals surface area (Å²) in [6.45, 7) is 3.92. The molecule has 1 aromatic heterocycles. The van der Waals surface area contributed by atoms with Crippen LogP contribution in [-0.4, -0.2) is 98.1 Å². The quantitative estimate of drug-likeness (QED) is 0.579. The first-order valence-electron chi connectivity index (χ1n) is 11.8. The van der Waals surface area contributed by atoms with Crippen LogP contribution in [0.25, 0.3) is 0 Å². The van der Waals surface area contributed by atoms with Crippen LogP contribution in [0.2, 0.25) is 0 Å². The van der Waals surface area contributed by atoms with E-state index in [1.807, 2.05) is 27.1 Å². The molecule has 0 unspecified atom stereocenters. The highest BCUT2D eigenvalue weighted by Gasteiger charge is 2.38. The van der Waals surface area contributed by atoms with Crippen LogP contribution in [-0.2, 0) is 14.8 Å². The maximum absolute atomic E-state index is 13.6. The van der Waals surface area contributed by atoms with Crippen molar-refractivity contribution in [3.05, 3.63) is 53.9 Å². The fourth-order valence-electron chi connectivity index (χ4n) is 3.87. The fourth-order valence-corrected chi connectivity index (χ4v) is 5.69. The summed E-state index contributed by atoms with van der Waals surface area (Å²) in [7, 11) is 1.41. The minimum atomic E-state index is -3.95. The van der Waals surface area contributed by atoms with Gasteiger partial charge in [-0.3, -0.25) is 9.78 Å². The third-order valence-electron chi connectivity index (χ3n) is 6.01. The molecule has 0 radical (unpaired) electrons. The number of aliphatic hydroxyl groups is 1. The number of sulfonamides is 1. The molecule has 2 heterocycles. The van der Waals surface area contributed by atoms with Crippen LogP contribution >= 0.6 is 0 Å². The van der Waals surface area contributed by atoms with E-state index in [2.05, 4.69) is 16.8 Å². The molecule has 0 fully saturated rings. The number of hydrogen-bond donors (Lipinski definition) is 1. The van der Waals surface area contributed by atoms with Crippen LogP contribution in [0.4, 0.5) is 0 Å². The summed E-state index contributed by atoms with van der Waals surface area (Å²) >= 11 is 0. The van der Waals surface area contributed by atoms with Crippen molar-refractivity contribution in [2.45, 2.75) is 30.9 Å². The second kappa shape index (κ2) is 11.8. The Morgan fingerprint density at radius 2 is 1.97 bits per heavy atom. The first kappa shape index (κ1) is 27.6. The summed E-state index contributed by atoms with van der Waals surface area (Å²) < 4.78 is 34.8. The summed E-state index contributed by atoms with van der Waals surface area (Å²) in [6.07, 6.45) is 2.83. The lowest BCUT2D eigenvalue weighted by Crippen LogP contribution is -2.50. The smallest absolute Gasteiger partial charge is 0.247 e. The molecule has 2 aromatic rings. The van der Waals surface area contributed by atoms with Crippen molar-refractivity contribution in [1.29, 1.82) is 0 Å². The largest absolute Gasteiger partial charge is 0.487 e. The molecule has 0 aliphatic carbocycles. The van der Waals surface area contributed by atoms with Crippen LogP contribution in [0.15, 0.2) is 47.6 Å². The molecule has 9 nitrogen and oxygen atoms in total. The number of carbonyl (C=O) groups excluding carboxylic acids is 1. The molecular weight excluding hydrogens is 480 g/mol. The van der Waals surface area contributed by atoms with E-state index < -0.39 is 22.2 Å². The zero-order valence-electron chi connectivity index (χ0n) is 21.4. The van der Waals surface area contributed by atoms with Crippen molar-refractivity contribution in [3.63, 3.8) is 0 Å². The standard InChI is InChI=1S/C26H34N4O5S/c1-19-15-30(20(2)18-31)36(33,34)25-11-10-21(8-9-22-7-6-12-27-14-22)13-23(25)35-24(19)16-29(5)26(32)17-28(3)4/h6-7,10-14,19-20,24,31H,15-18H2,1-5H3/t19-,20+,24-/m0/s1. The van der Waals surface area contributed by atoms with E-state index in [0.717, 1.165) is 5.56 Å². The van der Waals surface area contributed by atoms with Gasteiger partial charge in [-0.05, 0) is 51.4 Å². The molecule has 194 valence electrons. The average molecular weight is 515 g/mol. The molecule has 36 heavy (non-hydrogen) atoms. The van der Waals surface area contributed by atoms with E-state index in [9.17, 15) is 18.3 Å². The maximum atomic E-state index is 13.6. The van der Waals surface area contributed by atoms with Gasteiger partial charge >= 0.3 is 0 Å². The fraction of sp³-hybridized carbons (Fsp3) is 0.462. The number of carbonyl (C=O) groups is 1. The number of hydrogen-bond acceptors (Lipinski definition) is 7. The van der Waals surface area contributed by atoms with E-state index in [4.69, 9.17) is 4.74 Å². The number of nitrogens with zero attached hydrogens (tertiary/aromatic N) is 4. The van der Waals surface area contributed by atoms with Crippen LogP contribution in [0.5, 0.6) is 5.75 Å². The lowest BCUT2D eigenvalue weighted by atomic mass is 10.0. The molecule has 1 N–H and O–H groups in total. The highest BCUT2D eigenvalue weighted by Crippen LogP contribution is 2.34. The van der Waals surface area contributed by atoms with E-state index in [1.54, 1.807) is 54.4 Å². The Morgan fingerprint density at radius 1 is 1.25 bits per heavy atom. The second-order valence-corrected chi connectivity index (χ2v) is 11.3. The topological polar surface area (TPSA) is 103 Å². The van der Waals surface area contributed by atoms with Crippen LogP contribution < -0.4 is 4.74 Å². The van der Waals surface area contributed by atoms with Crippen molar-refractivity contribution in [2.24, 2.45) is 5.92 Å². The molecule has 0 bridgehead atoms. The first-order chi connectivity index (χ1) is 17.0. The van der Waals surface area contributed by atoms with Gasteiger partial charge in [0.1, 0.15) is 16.7 Å². The number of aliphatic hydroxyl groups excluding tert-OH is 1. The summed E-state index contributed by atoms with van der Waals surface area (Å²) in [5.74, 6) is 5.90. The summed E-state index contributed by atoms with van der Waals surface area (Å²) in [4.78, 5) is 20.0. The van der Waals surface area contributed by atoms with E-state index >= 15 is 0 Å². The number of fused-ring (bicyclic) bond motifs is 1. The number of ether oxygens (including phenoxy) is 1. The average Bonchev–Trinajstić information content (AvgIpc) is 2.84. The lowest BCUT2D eigenvalue weighted by Gasteiger charge is -2.37. The molecule has 3 rings (SSSR count). The van der Waals surface area contributed by atoms with Gasteiger partial charge in [0.2, 0.25) is 15.9 Å². The molecule has 1 aromatic carbocycles. The summed E-state index contributed by atoms with van der Waals surface area (Å²) in [6, 6.07) is 7.74. The van der Waals surface area contributed by atoms with Crippen LogP contribution in [0.3, 0.4) is 0 Å². The molecule has 0 saturated heterocycles. The molecular formula is C26H34N4O5S. The van der Waals surface area contributed by atoms with Crippen molar-refractivity contribution < 1.29 is 23.1 Å². The molecule has 0 spiro atoms. The number of benzene rings is 1. The molecule has 1 aliphatic rings. The second-order valence-electron chi connectivity index (χ2n) is 9.41. The van der Waals surface area contributed by atoms with Crippen LogP contribution in [0, 0.1) is 17.8 Å². The van der Waals surface area contributed by atoms with E-state index in [0.29, 0.717) is 5.56 Å². The monoisotopic (exact) mass is 514 g/mol. The van der Waals surface area contributed by atoms with Gasteiger partial charge in [0.15, 0.2) is 0 Å². The molecule has 1 aliphatic heterocycles. The van der Waals surface area contributed by atoms with Gasteiger partial charge in [-0.2, -0.15) is 4.31 Å². The number of pyridine rings is 1. The number of aromatic nitrogens is 1. The van der Waals surface area contributed by atoms with Crippen molar-refractivity contribution in [1.82, 2.24) is 19.1 Å². The zero-order valence-corrected chi connectivity index (χ0v) is 22.2. The molecule has 3 atom stereocenters. The summed E-state index contributed by atoms with van der Waals surface area (Å²) in [5.41, 5.74) is 1.31. The summed E-state index contributed by atoms with van der Waals surface area (Å²) in [5, 5.41) is 9.79. The Labute approximate surface area is 213 Å². The predicted molar refractivity (Wildman–Crippen MR) is 137 cm³/mol. The van der Waals surface area contributed by atoms with Gasteiger partial charge in [-0.25, -0.2) is 8.42 Å². The number of likely N-dealkylation sites (N-methyl/N-ethyl adjacent to an activating group) is 2. The SMILES string of the molecule is C[C@H](CO)N1C[C@H](C)[C@H](CN(C)C(=O)CN(C)C)Oc2cc(C#Cc3cccnc3)ccc2S1(=O)=O. The first-order valence-corrected chi connectivity index (χ1v) is 13.2. The van der Waals surface area contributed by atoms with Crippen LogP contribution in [0.1, 0.15) is 25.0 Å². The minimum Gasteiger partial charge on any atom is -0.487 e. The third kappa shape index (κ3) is 6.62. The Bertz CT molecular complexity index is 1220. The van der Waals surface area contributed by atoms with Gasteiger partial charge in [0.25, 0.3) is 0 Å². The maximum Gasteiger partial charge on any atom is 0.247 e. The van der Waals surface area contributed by atoms with Gasteiger partial charge in [-0.1, -0.05) is 18.8 Å². The molecule has 0 saturated carbocycles. The predicted octanol–water partition coefficient (Wildman–Crippen LogP) is 1.27. The van der Waals surface area contributed by atoms with Gasteiger partial charge in [0.05, 0.1) is 19.7 Å². The van der Waals surface area contributed by atoms with Crippen molar-refractivity contribution in [2.75, 3.05) is 47.4 Å². The highest BCUT2D eigenvalue weighted by atomic mass is 32.2. The zero-order chi connectivity index (χ0) is 26.5. The number of amides is 1. The third-order valence-corrected chi connectivity index (χ3v) is 8.03. The van der Waals surface area contributed by atoms with E-state index in [-0.39, 0.29) is 48.7 Å². The van der Waals surface area contributed by atoms with Gasteiger partial charge < -0.3 is 19.6 Å². The minimum absolute atomic E-state index is 0.00824. The Balaban J connectivity index is 2.03. The Morgan fingerprint density at radius 3 is 2.61 bits per heavy atom.